The minimum absolute atomic E-state index is 0.0280. The van der Waals surface area contributed by atoms with Crippen LogP contribution >= 0.6 is 0 Å². The minimum atomic E-state index is -3.89. The summed E-state index contributed by atoms with van der Waals surface area (Å²) < 4.78 is 39.9. The van der Waals surface area contributed by atoms with E-state index >= 15 is 0 Å². The Bertz CT molecular complexity index is 2080. The first-order valence-electron chi connectivity index (χ1n) is 18.2. The molecule has 4 amide bonds. The normalized spacial score (nSPS) is 26.8. The van der Waals surface area contributed by atoms with Crippen LogP contribution in [0.1, 0.15) is 78.6 Å². The Morgan fingerprint density at radius 2 is 1.81 bits per heavy atom. The second kappa shape index (κ2) is 14.2. The highest BCUT2D eigenvalue weighted by atomic mass is 32.2. The van der Waals surface area contributed by atoms with Crippen LogP contribution in [0.4, 0.5) is 4.79 Å². The van der Waals surface area contributed by atoms with Crippen molar-refractivity contribution in [1.29, 1.82) is 0 Å². The van der Waals surface area contributed by atoms with Gasteiger partial charge < -0.3 is 25.0 Å². The quantitative estimate of drug-likeness (QED) is 0.247. The Kier molecular flexibility index (Phi) is 9.76. The molecule has 1 aromatic carbocycles. The molecule has 0 spiro atoms. The number of nitrogens with zero attached hydrogens (tertiary/aromatic N) is 4. The third-order valence-corrected chi connectivity index (χ3v) is 12.0. The fourth-order valence-electron chi connectivity index (χ4n) is 7.21. The first kappa shape index (κ1) is 36.5. The van der Waals surface area contributed by atoms with Crippen molar-refractivity contribution in [3.63, 3.8) is 0 Å². The minimum Gasteiger partial charge on any atom is -0.472 e. The Morgan fingerprint density at radius 1 is 1.04 bits per heavy atom. The zero-order valence-electron chi connectivity index (χ0n) is 30.0. The number of carbonyl (C=O) groups excluding carboxylic acids is 4. The van der Waals surface area contributed by atoms with E-state index in [0.717, 1.165) is 23.6 Å². The van der Waals surface area contributed by atoms with Crippen molar-refractivity contribution >= 4 is 55.6 Å². The van der Waals surface area contributed by atoms with Gasteiger partial charge in [-0.3, -0.25) is 19.1 Å². The van der Waals surface area contributed by atoms with E-state index in [1.54, 1.807) is 27.0 Å². The number of rotatable bonds is 6. The molecule has 4 heterocycles. The number of benzene rings is 1. The third-order valence-electron chi connectivity index (χ3n) is 10.2. The van der Waals surface area contributed by atoms with Gasteiger partial charge in [-0.25, -0.2) is 23.2 Å². The van der Waals surface area contributed by atoms with Crippen molar-refractivity contribution in [2.45, 2.75) is 113 Å². The van der Waals surface area contributed by atoms with Gasteiger partial charge in [0, 0.05) is 29.3 Å². The van der Waals surface area contributed by atoms with Gasteiger partial charge in [0.25, 0.3) is 5.91 Å². The molecule has 2 saturated carbocycles. The zero-order valence-corrected chi connectivity index (χ0v) is 30.9. The molecule has 7 rings (SSSR count). The number of alkyl carbamates (subject to hydrolysis) is 1. The van der Waals surface area contributed by atoms with Crippen LogP contribution in [0.5, 0.6) is 5.88 Å². The number of sulfonamides is 1. The summed E-state index contributed by atoms with van der Waals surface area (Å²) in [6.07, 6.45) is 9.75. The Balaban J connectivity index is 1.21. The van der Waals surface area contributed by atoms with Crippen LogP contribution in [0.3, 0.4) is 0 Å². The van der Waals surface area contributed by atoms with Gasteiger partial charge in [0.2, 0.25) is 27.7 Å². The largest absolute Gasteiger partial charge is 0.472 e. The molecule has 5 atom stereocenters. The molecule has 2 aromatic heterocycles. The predicted molar refractivity (Wildman–Crippen MR) is 194 cm³/mol. The Labute approximate surface area is 307 Å². The Hall–Kier alpha value is -4.86. The molecule has 16 heteroatoms. The van der Waals surface area contributed by atoms with Crippen molar-refractivity contribution in [2.24, 2.45) is 5.92 Å². The van der Waals surface area contributed by atoms with E-state index in [-0.39, 0.29) is 25.3 Å². The van der Waals surface area contributed by atoms with Gasteiger partial charge in [0.1, 0.15) is 35.7 Å². The molecule has 3 aromatic rings. The lowest BCUT2D eigenvalue weighted by Crippen LogP contribution is -2.58. The molecule has 0 bridgehead atoms. The molecule has 282 valence electrons. The molecule has 15 nitrogen and oxygen atoms in total. The van der Waals surface area contributed by atoms with Crippen molar-refractivity contribution in [1.82, 2.24) is 35.2 Å². The zero-order chi connectivity index (χ0) is 37.5. The molecule has 2 aliphatic carbocycles. The summed E-state index contributed by atoms with van der Waals surface area (Å²) in [5.74, 6) is -2.08. The summed E-state index contributed by atoms with van der Waals surface area (Å²) in [5.41, 5.74) is -1.90. The Morgan fingerprint density at radius 3 is 2.57 bits per heavy atom. The predicted octanol–water partition coefficient (Wildman–Crippen LogP) is 3.42. The third kappa shape index (κ3) is 7.92. The number of hydrogen-bond acceptors (Lipinski definition) is 11. The van der Waals surface area contributed by atoms with E-state index in [0.29, 0.717) is 43.1 Å². The molecule has 3 fully saturated rings. The van der Waals surface area contributed by atoms with Crippen LogP contribution in [0.15, 0.2) is 48.9 Å². The van der Waals surface area contributed by atoms with Crippen molar-refractivity contribution < 1.29 is 37.1 Å². The standard InChI is InChI=1S/C37H45N7O8S/c1-36(2,3)52-35(48)40-28-14-8-6-4-5-7-11-22-18-37(22,34(47)43-53(49,50)24-15-16-24)42-31(45)29-17-23(20-44(29)33(28)46)51-32-26-13-10-9-12-25(26)27-19-38-21-39-30(27)41-32/h7,9-13,19,21-24,28-29H,4-6,8,14-18,20H2,1-3H3,(H,40,48)(H,42,45)(H,43,47)/t22-,23-,28+,29+,37-/m1/s1. The maximum atomic E-state index is 14.5. The number of nitrogens with one attached hydrogen (secondary N) is 3. The smallest absolute Gasteiger partial charge is 0.408 e. The fraction of sp³-hybridized carbons (Fsp3) is 0.541. The maximum Gasteiger partial charge on any atom is 0.408 e. The van der Waals surface area contributed by atoms with E-state index in [2.05, 4.69) is 30.3 Å². The highest BCUT2D eigenvalue weighted by Crippen LogP contribution is 2.46. The number of carbonyl (C=O) groups is 4. The van der Waals surface area contributed by atoms with Crippen LogP contribution < -0.4 is 20.1 Å². The molecular formula is C37H45N7O8S. The lowest BCUT2D eigenvalue weighted by atomic mass is 10.0. The first-order valence-corrected chi connectivity index (χ1v) is 19.8. The van der Waals surface area contributed by atoms with E-state index in [9.17, 15) is 27.6 Å². The van der Waals surface area contributed by atoms with Gasteiger partial charge in [-0.1, -0.05) is 43.2 Å². The summed E-state index contributed by atoms with van der Waals surface area (Å²) in [6, 6.07) is 5.37. The number of pyridine rings is 1. The van der Waals surface area contributed by atoms with E-state index < -0.39 is 74.3 Å². The summed E-state index contributed by atoms with van der Waals surface area (Å²) in [5, 5.41) is 7.24. The van der Waals surface area contributed by atoms with Gasteiger partial charge >= 0.3 is 6.09 Å². The second-order valence-corrected chi connectivity index (χ2v) is 17.4. The highest BCUT2D eigenvalue weighted by Gasteiger charge is 2.62. The number of ether oxygens (including phenoxy) is 2. The van der Waals surface area contributed by atoms with E-state index in [4.69, 9.17) is 9.47 Å². The number of fused-ring (bicyclic) bond motifs is 5. The number of amides is 4. The first-order chi connectivity index (χ1) is 25.2. The summed E-state index contributed by atoms with van der Waals surface area (Å²) in [6.45, 7) is 5.15. The fourth-order valence-corrected chi connectivity index (χ4v) is 8.57. The summed E-state index contributed by atoms with van der Waals surface area (Å²) in [7, 11) is -3.89. The van der Waals surface area contributed by atoms with Crippen molar-refractivity contribution in [3.05, 3.63) is 48.9 Å². The lowest BCUT2D eigenvalue weighted by Gasteiger charge is -2.30. The molecule has 2 aliphatic heterocycles. The van der Waals surface area contributed by atoms with Crippen molar-refractivity contribution in [2.75, 3.05) is 6.54 Å². The average molecular weight is 748 g/mol. The van der Waals surface area contributed by atoms with Gasteiger partial charge in [-0.15, -0.1) is 0 Å². The lowest BCUT2D eigenvalue weighted by molar-refractivity contribution is -0.141. The van der Waals surface area contributed by atoms with Crippen LogP contribution in [0.2, 0.25) is 0 Å². The average Bonchev–Trinajstić information content (AvgIpc) is 4.03. The van der Waals surface area contributed by atoms with Gasteiger partial charge in [0.15, 0.2) is 5.65 Å². The van der Waals surface area contributed by atoms with Crippen molar-refractivity contribution in [3.8, 4) is 5.88 Å². The summed E-state index contributed by atoms with van der Waals surface area (Å²) in [4.78, 5) is 70.1. The molecular weight excluding hydrogens is 703 g/mol. The molecule has 53 heavy (non-hydrogen) atoms. The number of allylic oxidation sites excluding steroid dienone is 1. The second-order valence-electron chi connectivity index (χ2n) is 15.4. The topological polar surface area (TPSA) is 199 Å². The van der Waals surface area contributed by atoms with Crippen LogP contribution in [0.25, 0.3) is 21.8 Å². The summed E-state index contributed by atoms with van der Waals surface area (Å²) >= 11 is 0. The molecule has 3 N–H and O–H groups in total. The van der Waals surface area contributed by atoms with E-state index in [1.165, 1.54) is 11.2 Å². The molecule has 1 saturated heterocycles. The van der Waals surface area contributed by atoms with Crippen LogP contribution in [-0.2, 0) is 29.1 Å². The SMILES string of the molecule is CC(C)(C)OC(=O)N[C@H]1CCCCCC=C[C@@H]2C[C@@]2(C(=O)NS(=O)(=O)C2CC2)NC(=O)[C@@H]2C[C@@H](Oc3nc4ncncc4c4ccccc34)CN2C1=O. The van der Waals surface area contributed by atoms with Gasteiger partial charge in [0.05, 0.1) is 11.8 Å². The molecule has 0 unspecified atom stereocenters. The van der Waals surface area contributed by atoms with Crippen LogP contribution in [0, 0.1) is 5.92 Å². The molecule has 0 radical (unpaired) electrons. The number of hydrogen-bond donors (Lipinski definition) is 3. The van der Waals surface area contributed by atoms with Gasteiger partial charge in [-0.05, 0) is 70.7 Å². The highest BCUT2D eigenvalue weighted by molar-refractivity contribution is 7.91. The molecule has 4 aliphatic rings. The maximum absolute atomic E-state index is 14.5. The van der Waals surface area contributed by atoms with E-state index in [1.807, 2.05) is 36.4 Å². The monoisotopic (exact) mass is 747 g/mol. The number of aromatic nitrogens is 3. The van der Waals surface area contributed by atoms with Crippen LogP contribution in [-0.4, -0.2) is 93.2 Å². The van der Waals surface area contributed by atoms with Gasteiger partial charge in [-0.2, -0.15) is 4.98 Å².